The van der Waals surface area contributed by atoms with E-state index < -0.39 is 0 Å². The van der Waals surface area contributed by atoms with Gasteiger partial charge in [0.15, 0.2) is 11.5 Å². The lowest BCUT2D eigenvalue weighted by Gasteiger charge is -2.34. The largest absolute Gasteiger partial charge is 0.493 e. The Morgan fingerprint density at radius 1 is 1.12 bits per heavy atom. The molecule has 2 aromatic carbocycles. The van der Waals surface area contributed by atoms with E-state index in [-0.39, 0.29) is 23.5 Å². The molecule has 0 aliphatic carbocycles. The molecule has 2 saturated heterocycles. The molecule has 2 aliphatic rings. The highest BCUT2D eigenvalue weighted by Gasteiger charge is 2.38. The van der Waals surface area contributed by atoms with Gasteiger partial charge in [0.2, 0.25) is 11.8 Å². The lowest BCUT2D eigenvalue weighted by Crippen LogP contribution is -2.46. The van der Waals surface area contributed by atoms with Crippen molar-refractivity contribution in [3.8, 4) is 11.5 Å². The van der Waals surface area contributed by atoms with Crippen molar-refractivity contribution in [2.24, 2.45) is 0 Å². The van der Waals surface area contributed by atoms with Crippen molar-refractivity contribution in [2.45, 2.75) is 56.6 Å². The van der Waals surface area contributed by atoms with Crippen molar-refractivity contribution < 1.29 is 19.1 Å². The predicted octanol–water partition coefficient (Wildman–Crippen LogP) is 4.39. The molecule has 0 saturated carbocycles. The highest BCUT2D eigenvalue weighted by molar-refractivity contribution is 6.30. The number of piperidine rings is 1. The van der Waals surface area contributed by atoms with Crippen molar-refractivity contribution in [3.05, 3.63) is 59.1 Å². The molecule has 1 atom stereocenters. The number of amides is 2. The summed E-state index contributed by atoms with van der Waals surface area (Å²) < 4.78 is 11.5. The molecule has 0 spiro atoms. The standard InChI is InChI=1S/C26H31ClN2O4/c1-32-22-4-2-3-5-23(22)33-21-12-16-29(17-13-21)25(31)11-15-26(14-10-24(30)28-26)18-19-6-8-20(27)9-7-19/h2-9,21H,10-18H2,1H3,(H,28,30)/t26-/m1/s1. The molecule has 2 fully saturated rings. The summed E-state index contributed by atoms with van der Waals surface area (Å²) in [5.41, 5.74) is 0.745. The third-order valence-corrected chi connectivity index (χ3v) is 6.92. The van der Waals surface area contributed by atoms with Gasteiger partial charge in [0.25, 0.3) is 0 Å². The van der Waals surface area contributed by atoms with Gasteiger partial charge in [0, 0.05) is 49.3 Å². The SMILES string of the molecule is COc1ccccc1OC1CCN(C(=O)CC[C@@]2(Cc3ccc(Cl)cc3)CCC(=O)N2)CC1. The van der Waals surface area contributed by atoms with Crippen LogP contribution in [0.3, 0.4) is 0 Å². The highest BCUT2D eigenvalue weighted by Crippen LogP contribution is 2.31. The van der Waals surface area contributed by atoms with E-state index in [2.05, 4.69) is 5.32 Å². The zero-order valence-electron chi connectivity index (χ0n) is 19.0. The van der Waals surface area contributed by atoms with E-state index in [1.165, 1.54) is 0 Å². The van der Waals surface area contributed by atoms with E-state index in [0.29, 0.717) is 43.8 Å². The second kappa shape index (κ2) is 10.5. The van der Waals surface area contributed by atoms with Gasteiger partial charge in [-0.05, 0) is 49.1 Å². The molecule has 0 aromatic heterocycles. The van der Waals surface area contributed by atoms with E-state index in [1.807, 2.05) is 53.4 Å². The number of hydrogen-bond donors (Lipinski definition) is 1. The van der Waals surface area contributed by atoms with Gasteiger partial charge >= 0.3 is 0 Å². The van der Waals surface area contributed by atoms with Crippen LogP contribution < -0.4 is 14.8 Å². The molecule has 0 bridgehead atoms. The molecular weight excluding hydrogens is 440 g/mol. The fourth-order valence-electron chi connectivity index (χ4n) is 4.80. The molecule has 2 heterocycles. The number of carbonyl (C=O) groups excluding carboxylic acids is 2. The number of hydrogen-bond acceptors (Lipinski definition) is 4. The van der Waals surface area contributed by atoms with Crippen LogP contribution in [0.1, 0.15) is 44.1 Å². The van der Waals surface area contributed by atoms with Gasteiger partial charge in [-0.3, -0.25) is 9.59 Å². The van der Waals surface area contributed by atoms with Crippen molar-refractivity contribution in [1.29, 1.82) is 0 Å². The summed E-state index contributed by atoms with van der Waals surface area (Å²) >= 11 is 6.01. The molecule has 33 heavy (non-hydrogen) atoms. The zero-order valence-corrected chi connectivity index (χ0v) is 19.8. The van der Waals surface area contributed by atoms with Gasteiger partial charge in [0.05, 0.1) is 7.11 Å². The third-order valence-electron chi connectivity index (χ3n) is 6.67. The summed E-state index contributed by atoms with van der Waals surface area (Å²) in [6.07, 6.45) is 4.66. The van der Waals surface area contributed by atoms with Gasteiger partial charge in [-0.15, -0.1) is 0 Å². The van der Waals surface area contributed by atoms with E-state index in [4.69, 9.17) is 21.1 Å². The molecule has 1 N–H and O–H groups in total. The van der Waals surface area contributed by atoms with Gasteiger partial charge in [-0.1, -0.05) is 35.9 Å². The number of carbonyl (C=O) groups is 2. The molecular formula is C26H31ClN2O4. The maximum Gasteiger partial charge on any atom is 0.222 e. The summed E-state index contributed by atoms with van der Waals surface area (Å²) in [6.45, 7) is 1.35. The first-order valence-electron chi connectivity index (χ1n) is 11.6. The van der Waals surface area contributed by atoms with Crippen molar-refractivity contribution >= 4 is 23.4 Å². The fourth-order valence-corrected chi connectivity index (χ4v) is 4.92. The fraction of sp³-hybridized carbons (Fsp3) is 0.462. The van der Waals surface area contributed by atoms with Crippen LogP contribution in [0.4, 0.5) is 0 Å². The van der Waals surface area contributed by atoms with Gasteiger partial charge in [-0.25, -0.2) is 0 Å². The maximum absolute atomic E-state index is 13.0. The molecule has 6 nitrogen and oxygen atoms in total. The monoisotopic (exact) mass is 470 g/mol. The minimum Gasteiger partial charge on any atom is -0.493 e. The van der Waals surface area contributed by atoms with Gasteiger partial charge < -0.3 is 19.7 Å². The first-order valence-corrected chi connectivity index (χ1v) is 12.0. The number of nitrogens with zero attached hydrogens (tertiary/aromatic N) is 1. The van der Waals surface area contributed by atoms with Crippen molar-refractivity contribution in [2.75, 3.05) is 20.2 Å². The van der Waals surface area contributed by atoms with Crippen LogP contribution in [0.15, 0.2) is 48.5 Å². The minimum atomic E-state index is -0.369. The van der Waals surface area contributed by atoms with Crippen LogP contribution in [0, 0.1) is 0 Å². The van der Waals surface area contributed by atoms with Crippen molar-refractivity contribution in [1.82, 2.24) is 10.2 Å². The molecule has 7 heteroatoms. The van der Waals surface area contributed by atoms with Crippen LogP contribution in [0.5, 0.6) is 11.5 Å². The minimum absolute atomic E-state index is 0.0608. The predicted molar refractivity (Wildman–Crippen MR) is 128 cm³/mol. The normalized spacial score (nSPS) is 21.0. The van der Waals surface area contributed by atoms with Gasteiger partial charge in [0.1, 0.15) is 6.10 Å². The quantitative estimate of drug-likeness (QED) is 0.621. The summed E-state index contributed by atoms with van der Waals surface area (Å²) in [7, 11) is 1.63. The summed E-state index contributed by atoms with van der Waals surface area (Å²) in [5.74, 6) is 1.67. The van der Waals surface area contributed by atoms with Crippen LogP contribution >= 0.6 is 11.6 Å². The molecule has 2 amide bonds. The third kappa shape index (κ3) is 5.99. The lowest BCUT2D eigenvalue weighted by atomic mass is 9.85. The van der Waals surface area contributed by atoms with E-state index in [0.717, 1.165) is 36.3 Å². The number of halogens is 1. The summed E-state index contributed by atoms with van der Waals surface area (Å²) in [6, 6.07) is 15.3. The number of para-hydroxylation sites is 2. The van der Waals surface area contributed by atoms with E-state index in [9.17, 15) is 9.59 Å². The smallest absolute Gasteiger partial charge is 0.222 e. The molecule has 4 rings (SSSR count). The number of rotatable bonds is 8. The topological polar surface area (TPSA) is 67.9 Å². The number of benzene rings is 2. The second-order valence-electron chi connectivity index (χ2n) is 8.98. The van der Waals surface area contributed by atoms with E-state index >= 15 is 0 Å². The maximum atomic E-state index is 13.0. The number of methoxy groups -OCH3 is 1. The Bertz CT molecular complexity index is 973. The Labute approximate surface area is 200 Å². The molecule has 2 aromatic rings. The number of ether oxygens (including phenoxy) is 2. The van der Waals surface area contributed by atoms with Crippen LogP contribution in [0.2, 0.25) is 5.02 Å². The molecule has 2 aliphatic heterocycles. The summed E-state index contributed by atoms with van der Waals surface area (Å²) in [4.78, 5) is 26.9. The Morgan fingerprint density at radius 2 is 1.82 bits per heavy atom. The zero-order chi connectivity index (χ0) is 23.3. The molecule has 176 valence electrons. The molecule has 0 radical (unpaired) electrons. The summed E-state index contributed by atoms with van der Waals surface area (Å²) in [5, 5.41) is 3.85. The first kappa shape index (κ1) is 23.4. The Balaban J connectivity index is 1.29. The average molecular weight is 471 g/mol. The Hall–Kier alpha value is -2.73. The number of nitrogens with one attached hydrogen (secondary N) is 1. The Morgan fingerprint density at radius 3 is 2.45 bits per heavy atom. The van der Waals surface area contributed by atoms with Crippen LogP contribution in [-0.2, 0) is 16.0 Å². The second-order valence-corrected chi connectivity index (χ2v) is 9.42. The van der Waals surface area contributed by atoms with Crippen LogP contribution in [0.25, 0.3) is 0 Å². The average Bonchev–Trinajstić information content (AvgIpc) is 3.20. The van der Waals surface area contributed by atoms with Crippen molar-refractivity contribution in [3.63, 3.8) is 0 Å². The van der Waals surface area contributed by atoms with Gasteiger partial charge in [-0.2, -0.15) is 0 Å². The lowest BCUT2D eigenvalue weighted by molar-refractivity contribution is -0.133. The first-order chi connectivity index (χ1) is 16.0. The Kier molecular flexibility index (Phi) is 7.43. The highest BCUT2D eigenvalue weighted by atomic mass is 35.5. The number of likely N-dealkylation sites (tertiary alicyclic amines) is 1. The molecule has 0 unspecified atom stereocenters. The van der Waals surface area contributed by atoms with Crippen LogP contribution in [-0.4, -0.2) is 48.6 Å². The van der Waals surface area contributed by atoms with E-state index in [1.54, 1.807) is 7.11 Å².